The Morgan fingerprint density at radius 1 is 1.17 bits per heavy atom. The van der Waals surface area contributed by atoms with Crippen LogP contribution >= 0.6 is 15.9 Å². The van der Waals surface area contributed by atoms with Gasteiger partial charge in [-0.15, -0.1) is 0 Å². The quantitative estimate of drug-likeness (QED) is 0.360. The molecule has 0 aromatic heterocycles. The molecule has 0 unspecified atom stereocenters. The van der Waals surface area contributed by atoms with E-state index in [1.807, 2.05) is 6.07 Å². The molecule has 0 N–H and O–H groups in total. The summed E-state index contributed by atoms with van der Waals surface area (Å²) >= 11 is 3.42. The zero-order valence-corrected chi connectivity index (χ0v) is 20.8. The summed E-state index contributed by atoms with van der Waals surface area (Å²) in [7, 11) is 1.20. The van der Waals surface area contributed by atoms with Crippen molar-refractivity contribution in [3.05, 3.63) is 100 Å². The van der Waals surface area contributed by atoms with E-state index in [0.29, 0.717) is 21.2 Å². The first kappa shape index (κ1) is 25.5. The third-order valence-corrected chi connectivity index (χ3v) is 6.14. The molecule has 176 valence electrons. The molecule has 3 rings (SSSR count). The second-order valence-corrected chi connectivity index (χ2v) is 8.45. The lowest BCUT2D eigenvalue weighted by atomic mass is 9.68. The first-order valence-electron chi connectivity index (χ1n) is 10.6. The van der Waals surface area contributed by atoms with Crippen LogP contribution in [0.15, 0.2) is 89.1 Å². The van der Waals surface area contributed by atoms with Gasteiger partial charge in [-0.05, 0) is 36.3 Å². The standard InChI is InChI=1S/C27H22BrN3O4/c1-4-35-26(33)31-14-13-22(19-9-6-5-7-10-19)23(16-29)27(31,17-30)24(18(2)25(32)34-3)20-11-8-12-21(28)15-20/h5-15,24H,2,4H2,1,3H3/t24-,27-/m0/s1. The molecule has 8 heteroatoms. The molecule has 1 heterocycles. The van der Waals surface area contributed by atoms with Crippen LogP contribution in [0.2, 0.25) is 0 Å². The first-order chi connectivity index (χ1) is 16.8. The van der Waals surface area contributed by atoms with Crippen molar-refractivity contribution in [3.63, 3.8) is 0 Å². The predicted molar refractivity (Wildman–Crippen MR) is 133 cm³/mol. The van der Waals surface area contributed by atoms with E-state index in [1.54, 1.807) is 61.5 Å². The lowest BCUT2D eigenvalue weighted by Crippen LogP contribution is -2.55. The van der Waals surface area contributed by atoms with Crippen LogP contribution in [0.1, 0.15) is 24.0 Å². The van der Waals surface area contributed by atoms with E-state index < -0.39 is 23.5 Å². The Labute approximate surface area is 212 Å². The Morgan fingerprint density at radius 3 is 2.46 bits per heavy atom. The number of hydrogen-bond acceptors (Lipinski definition) is 6. The van der Waals surface area contributed by atoms with Crippen LogP contribution in [0.5, 0.6) is 0 Å². The number of carbonyl (C=O) groups is 2. The second kappa shape index (κ2) is 10.9. The van der Waals surface area contributed by atoms with Crippen molar-refractivity contribution in [1.29, 1.82) is 10.5 Å². The Hall–Kier alpha value is -4.14. The minimum atomic E-state index is -2.01. The van der Waals surface area contributed by atoms with E-state index in [9.17, 15) is 20.1 Å². The van der Waals surface area contributed by atoms with Crippen molar-refractivity contribution in [2.45, 2.75) is 18.4 Å². The highest BCUT2D eigenvalue weighted by Crippen LogP contribution is 2.48. The molecule has 0 aliphatic carbocycles. The maximum Gasteiger partial charge on any atom is 0.415 e. The molecule has 0 bridgehead atoms. The van der Waals surface area contributed by atoms with Gasteiger partial charge in [0.05, 0.1) is 37.3 Å². The van der Waals surface area contributed by atoms with Gasteiger partial charge in [0.25, 0.3) is 0 Å². The lowest BCUT2D eigenvalue weighted by molar-refractivity contribution is -0.136. The van der Waals surface area contributed by atoms with Crippen LogP contribution in [0.3, 0.4) is 0 Å². The zero-order valence-electron chi connectivity index (χ0n) is 19.2. The van der Waals surface area contributed by atoms with Gasteiger partial charge in [-0.1, -0.05) is 65.0 Å². The molecule has 1 amide bonds. The SMILES string of the molecule is C=C(C(=O)OC)[C@@H](c1cccc(Br)c1)[C@]1(C#N)C(C#N)=C(c2ccccc2)C=CN1C(=O)OCC. The molecule has 35 heavy (non-hydrogen) atoms. The van der Waals surface area contributed by atoms with Crippen LogP contribution in [-0.2, 0) is 14.3 Å². The lowest BCUT2D eigenvalue weighted by Gasteiger charge is -2.44. The van der Waals surface area contributed by atoms with Crippen molar-refractivity contribution in [1.82, 2.24) is 4.90 Å². The van der Waals surface area contributed by atoms with Gasteiger partial charge in [-0.25, -0.2) is 9.59 Å². The second-order valence-electron chi connectivity index (χ2n) is 7.53. The van der Waals surface area contributed by atoms with Crippen molar-refractivity contribution >= 4 is 33.6 Å². The minimum Gasteiger partial charge on any atom is -0.466 e. The van der Waals surface area contributed by atoms with Gasteiger partial charge < -0.3 is 9.47 Å². The van der Waals surface area contributed by atoms with E-state index >= 15 is 0 Å². The largest absolute Gasteiger partial charge is 0.466 e. The van der Waals surface area contributed by atoms with E-state index in [1.165, 1.54) is 13.3 Å². The topological polar surface area (TPSA) is 103 Å². The number of methoxy groups -OCH3 is 1. The van der Waals surface area contributed by atoms with Crippen LogP contribution in [0.4, 0.5) is 4.79 Å². The van der Waals surface area contributed by atoms with Crippen LogP contribution in [-0.4, -0.2) is 36.2 Å². The Balaban J connectivity index is 2.45. The highest BCUT2D eigenvalue weighted by molar-refractivity contribution is 9.10. The van der Waals surface area contributed by atoms with E-state index in [0.717, 1.165) is 4.90 Å². The molecule has 1 aliphatic rings. The number of esters is 1. The molecule has 2 aromatic rings. The van der Waals surface area contributed by atoms with Crippen molar-refractivity contribution in [3.8, 4) is 12.1 Å². The summed E-state index contributed by atoms with van der Waals surface area (Å²) in [6, 6.07) is 20.3. The molecule has 2 atom stereocenters. The average molecular weight is 532 g/mol. The maximum absolute atomic E-state index is 13.2. The normalized spacial score (nSPS) is 17.7. The molecule has 2 aromatic carbocycles. The van der Waals surface area contributed by atoms with Gasteiger partial charge >= 0.3 is 12.1 Å². The Kier molecular flexibility index (Phi) is 7.91. The fourth-order valence-corrected chi connectivity index (χ4v) is 4.58. The highest BCUT2D eigenvalue weighted by Gasteiger charge is 2.55. The van der Waals surface area contributed by atoms with Gasteiger partial charge in [0, 0.05) is 21.8 Å². The minimum absolute atomic E-state index is 0.0308. The number of rotatable bonds is 6. The van der Waals surface area contributed by atoms with Crippen molar-refractivity contribution in [2.24, 2.45) is 0 Å². The van der Waals surface area contributed by atoms with Crippen LogP contribution in [0, 0.1) is 22.7 Å². The maximum atomic E-state index is 13.2. The Morgan fingerprint density at radius 2 is 1.89 bits per heavy atom. The Bertz CT molecular complexity index is 1300. The van der Waals surface area contributed by atoms with Crippen LogP contribution in [0.25, 0.3) is 5.57 Å². The fourth-order valence-electron chi connectivity index (χ4n) is 4.16. The summed E-state index contributed by atoms with van der Waals surface area (Å²) < 4.78 is 10.9. The number of carbonyl (C=O) groups excluding carboxylic acids is 2. The molecule has 0 saturated carbocycles. The number of ether oxygens (including phenoxy) is 2. The highest BCUT2D eigenvalue weighted by atomic mass is 79.9. The third kappa shape index (κ3) is 4.62. The number of amides is 1. The van der Waals surface area contributed by atoms with E-state index in [-0.39, 0.29) is 17.8 Å². The van der Waals surface area contributed by atoms with E-state index in [2.05, 4.69) is 34.6 Å². The predicted octanol–water partition coefficient (Wildman–Crippen LogP) is 5.49. The van der Waals surface area contributed by atoms with Crippen molar-refractivity contribution in [2.75, 3.05) is 13.7 Å². The van der Waals surface area contributed by atoms with E-state index in [4.69, 9.17) is 9.47 Å². The molecular weight excluding hydrogens is 510 g/mol. The smallest absolute Gasteiger partial charge is 0.415 e. The summed E-state index contributed by atoms with van der Waals surface area (Å²) in [6.07, 6.45) is 2.14. The average Bonchev–Trinajstić information content (AvgIpc) is 2.88. The fraction of sp³-hybridized carbons (Fsp3) is 0.185. The molecule has 1 aliphatic heterocycles. The molecule has 0 radical (unpaired) electrons. The summed E-state index contributed by atoms with van der Waals surface area (Å²) in [6.45, 7) is 5.61. The van der Waals surface area contributed by atoms with Gasteiger partial charge in [0.2, 0.25) is 0 Å². The molecule has 0 saturated heterocycles. The zero-order chi connectivity index (χ0) is 25.6. The van der Waals surface area contributed by atoms with Gasteiger partial charge in [0.15, 0.2) is 5.54 Å². The number of allylic oxidation sites excluding steroid dienone is 2. The summed E-state index contributed by atoms with van der Waals surface area (Å²) in [5, 5.41) is 21.2. The molecular formula is C27H22BrN3O4. The number of hydrogen-bond donors (Lipinski definition) is 0. The van der Waals surface area contributed by atoms with Gasteiger partial charge in [-0.3, -0.25) is 4.90 Å². The number of nitrogens with zero attached hydrogens (tertiary/aromatic N) is 3. The van der Waals surface area contributed by atoms with Gasteiger partial charge in [0.1, 0.15) is 0 Å². The third-order valence-electron chi connectivity index (χ3n) is 5.65. The van der Waals surface area contributed by atoms with Gasteiger partial charge in [-0.2, -0.15) is 10.5 Å². The van der Waals surface area contributed by atoms with Crippen molar-refractivity contribution < 1.29 is 19.1 Å². The summed E-state index contributed by atoms with van der Waals surface area (Å²) in [5.41, 5.74) is -0.560. The van der Waals surface area contributed by atoms with Crippen LogP contribution < -0.4 is 0 Å². The number of halogens is 1. The molecule has 7 nitrogen and oxygen atoms in total. The molecule has 0 spiro atoms. The molecule has 0 fully saturated rings. The summed E-state index contributed by atoms with van der Waals surface area (Å²) in [4.78, 5) is 27.0. The first-order valence-corrected chi connectivity index (χ1v) is 11.4. The summed E-state index contributed by atoms with van der Waals surface area (Å²) in [5.74, 6) is -1.94. The number of nitriles is 2. The number of benzene rings is 2. The monoisotopic (exact) mass is 531 g/mol.